The Kier molecular flexibility index (Phi) is 5.66. The van der Waals surface area contributed by atoms with E-state index in [1.54, 1.807) is 21.1 Å². The molecular formula is C14H19BrO3. The van der Waals surface area contributed by atoms with Gasteiger partial charge in [0.15, 0.2) is 0 Å². The first kappa shape index (κ1) is 15.0. The van der Waals surface area contributed by atoms with Crippen LogP contribution in [0.2, 0.25) is 0 Å². The van der Waals surface area contributed by atoms with Crippen LogP contribution in [0.3, 0.4) is 0 Å². The number of carbonyl (C=O) groups excluding carboxylic acids is 1. The molecule has 1 atom stereocenters. The summed E-state index contributed by atoms with van der Waals surface area (Å²) in [5, 5.41) is 0. The molecule has 1 aromatic rings. The zero-order chi connectivity index (χ0) is 13.7. The molecule has 0 aliphatic rings. The van der Waals surface area contributed by atoms with Crippen LogP contribution in [-0.2, 0) is 11.2 Å². The fraction of sp³-hybridized carbons (Fsp3) is 0.500. The van der Waals surface area contributed by atoms with Gasteiger partial charge in [-0.1, -0.05) is 6.92 Å². The molecule has 0 radical (unpaired) electrons. The van der Waals surface area contributed by atoms with E-state index in [1.807, 2.05) is 12.1 Å². The highest BCUT2D eigenvalue weighted by Crippen LogP contribution is 2.34. The number of ether oxygens (including phenoxy) is 2. The Hall–Kier alpha value is -1.03. The van der Waals surface area contributed by atoms with Crippen molar-refractivity contribution < 1.29 is 14.3 Å². The minimum atomic E-state index is 0.217. The molecule has 1 unspecified atom stereocenters. The number of hydrogen-bond acceptors (Lipinski definition) is 3. The summed E-state index contributed by atoms with van der Waals surface area (Å²) in [6.07, 6.45) is 1.40. The number of methoxy groups -OCH3 is 2. The molecule has 0 aliphatic heterocycles. The first-order chi connectivity index (χ1) is 8.47. The summed E-state index contributed by atoms with van der Waals surface area (Å²) in [7, 11) is 3.26. The van der Waals surface area contributed by atoms with Gasteiger partial charge in [-0.15, -0.1) is 0 Å². The van der Waals surface area contributed by atoms with Gasteiger partial charge >= 0.3 is 0 Å². The van der Waals surface area contributed by atoms with Gasteiger partial charge in [0, 0.05) is 12.5 Å². The van der Waals surface area contributed by atoms with Gasteiger partial charge in [0.05, 0.1) is 18.7 Å². The summed E-state index contributed by atoms with van der Waals surface area (Å²) in [4.78, 5) is 11.1. The van der Waals surface area contributed by atoms with Crippen molar-refractivity contribution in [1.29, 1.82) is 0 Å². The fourth-order valence-electron chi connectivity index (χ4n) is 2.02. The van der Waals surface area contributed by atoms with Crippen LogP contribution < -0.4 is 9.47 Å². The van der Waals surface area contributed by atoms with Crippen LogP contribution in [0.15, 0.2) is 16.6 Å². The predicted octanol–water partition coefficient (Wildman–Crippen LogP) is 3.62. The maximum atomic E-state index is 11.1. The van der Waals surface area contributed by atoms with E-state index in [1.165, 1.54) is 0 Å². The molecule has 3 nitrogen and oxygen atoms in total. The number of hydrogen-bond donors (Lipinski definition) is 0. The van der Waals surface area contributed by atoms with Crippen LogP contribution >= 0.6 is 15.9 Å². The van der Waals surface area contributed by atoms with Crippen LogP contribution in [0.25, 0.3) is 0 Å². The Labute approximate surface area is 117 Å². The van der Waals surface area contributed by atoms with E-state index in [-0.39, 0.29) is 5.78 Å². The second-order valence-electron chi connectivity index (χ2n) is 4.51. The number of carbonyl (C=O) groups is 1. The van der Waals surface area contributed by atoms with Gasteiger partial charge in [-0.25, -0.2) is 0 Å². The second-order valence-corrected chi connectivity index (χ2v) is 5.37. The second kappa shape index (κ2) is 6.78. The van der Waals surface area contributed by atoms with Crippen LogP contribution in [0, 0.1) is 5.92 Å². The maximum Gasteiger partial charge on any atom is 0.136 e. The maximum absolute atomic E-state index is 11.1. The Morgan fingerprint density at radius 1 is 1.28 bits per heavy atom. The highest BCUT2D eigenvalue weighted by atomic mass is 79.9. The van der Waals surface area contributed by atoms with Gasteiger partial charge in [0.2, 0.25) is 0 Å². The molecule has 0 amide bonds. The summed E-state index contributed by atoms with van der Waals surface area (Å²) in [6.45, 7) is 3.69. The van der Waals surface area contributed by atoms with Crippen molar-refractivity contribution in [2.24, 2.45) is 5.92 Å². The number of ketones is 1. The third-order valence-corrected chi connectivity index (χ3v) is 3.38. The Morgan fingerprint density at radius 3 is 2.39 bits per heavy atom. The minimum absolute atomic E-state index is 0.217. The highest BCUT2D eigenvalue weighted by molar-refractivity contribution is 9.10. The van der Waals surface area contributed by atoms with Crippen molar-refractivity contribution in [3.8, 4) is 11.5 Å². The Balaban J connectivity index is 2.94. The number of halogens is 1. The zero-order valence-electron chi connectivity index (χ0n) is 11.2. The van der Waals surface area contributed by atoms with Crippen molar-refractivity contribution in [2.45, 2.75) is 26.7 Å². The lowest BCUT2D eigenvalue weighted by Crippen LogP contribution is -2.06. The fourth-order valence-corrected chi connectivity index (χ4v) is 2.57. The third-order valence-electron chi connectivity index (χ3n) is 2.76. The molecule has 1 aromatic carbocycles. The summed E-state index contributed by atoms with van der Waals surface area (Å²) >= 11 is 3.46. The lowest BCUT2D eigenvalue weighted by molar-refractivity contribution is -0.117. The van der Waals surface area contributed by atoms with E-state index in [0.717, 1.165) is 28.0 Å². The first-order valence-corrected chi connectivity index (χ1v) is 6.67. The molecule has 100 valence electrons. The third kappa shape index (κ3) is 4.02. The molecule has 1 rings (SSSR count). The molecule has 0 aromatic heterocycles. The number of Topliss-reactive ketones (excluding diaryl/α,β-unsaturated/α-hetero) is 1. The van der Waals surface area contributed by atoms with E-state index >= 15 is 0 Å². The zero-order valence-corrected chi connectivity index (χ0v) is 12.8. The van der Waals surface area contributed by atoms with Crippen LogP contribution in [0.4, 0.5) is 0 Å². The molecule has 18 heavy (non-hydrogen) atoms. The number of rotatable bonds is 6. The minimum Gasteiger partial charge on any atom is -0.496 e. The van der Waals surface area contributed by atoms with Gasteiger partial charge in [-0.05, 0) is 46.8 Å². The van der Waals surface area contributed by atoms with Crippen LogP contribution in [0.5, 0.6) is 11.5 Å². The van der Waals surface area contributed by atoms with E-state index in [4.69, 9.17) is 9.47 Å². The molecule has 0 spiro atoms. The molecule has 0 aliphatic carbocycles. The van der Waals surface area contributed by atoms with Gasteiger partial charge in [-0.2, -0.15) is 0 Å². The quantitative estimate of drug-likeness (QED) is 0.804. The summed E-state index contributed by atoms with van der Waals surface area (Å²) < 4.78 is 11.5. The normalized spacial score (nSPS) is 12.1. The van der Waals surface area contributed by atoms with Crippen molar-refractivity contribution >= 4 is 21.7 Å². The molecule has 0 saturated heterocycles. The average Bonchev–Trinajstić information content (AvgIpc) is 2.28. The summed E-state index contributed by atoms with van der Waals surface area (Å²) in [5.74, 6) is 2.06. The summed E-state index contributed by atoms with van der Waals surface area (Å²) in [6, 6.07) is 3.86. The van der Waals surface area contributed by atoms with Crippen molar-refractivity contribution in [1.82, 2.24) is 0 Å². The van der Waals surface area contributed by atoms with Gasteiger partial charge in [0.1, 0.15) is 17.3 Å². The molecule has 0 heterocycles. The Bertz CT molecular complexity index is 429. The van der Waals surface area contributed by atoms with Gasteiger partial charge in [0.25, 0.3) is 0 Å². The number of benzene rings is 1. The molecule has 0 N–H and O–H groups in total. The first-order valence-electron chi connectivity index (χ1n) is 5.87. The van der Waals surface area contributed by atoms with E-state index in [2.05, 4.69) is 22.9 Å². The SMILES string of the molecule is COc1cc(OC)c(CC(C)CC(C)=O)cc1Br. The molecule has 0 bridgehead atoms. The standard InChI is InChI=1S/C14H19BrO3/c1-9(5-10(2)16)6-11-7-12(15)14(18-4)8-13(11)17-3/h7-9H,5-6H2,1-4H3. The van der Waals surface area contributed by atoms with Crippen molar-refractivity contribution in [2.75, 3.05) is 14.2 Å². The van der Waals surface area contributed by atoms with Crippen LogP contribution in [-0.4, -0.2) is 20.0 Å². The predicted molar refractivity (Wildman–Crippen MR) is 75.4 cm³/mol. The highest BCUT2D eigenvalue weighted by Gasteiger charge is 2.13. The lowest BCUT2D eigenvalue weighted by atomic mass is 9.96. The van der Waals surface area contributed by atoms with E-state index in [9.17, 15) is 4.79 Å². The van der Waals surface area contributed by atoms with Crippen molar-refractivity contribution in [3.63, 3.8) is 0 Å². The largest absolute Gasteiger partial charge is 0.496 e. The molecule has 0 fully saturated rings. The topological polar surface area (TPSA) is 35.5 Å². The molecule has 4 heteroatoms. The average molecular weight is 315 g/mol. The van der Waals surface area contributed by atoms with E-state index in [0.29, 0.717) is 12.3 Å². The Morgan fingerprint density at radius 2 is 1.89 bits per heavy atom. The van der Waals surface area contributed by atoms with Gasteiger partial charge in [-0.3, -0.25) is 0 Å². The van der Waals surface area contributed by atoms with Crippen molar-refractivity contribution in [3.05, 3.63) is 22.2 Å². The lowest BCUT2D eigenvalue weighted by Gasteiger charge is -2.15. The summed E-state index contributed by atoms with van der Waals surface area (Å²) in [5.41, 5.74) is 1.08. The monoisotopic (exact) mass is 314 g/mol. The van der Waals surface area contributed by atoms with Crippen LogP contribution in [0.1, 0.15) is 25.8 Å². The van der Waals surface area contributed by atoms with E-state index < -0.39 is 0 Å². The van der Waals surface area contributed by atoms with Gasteiger partial charge < -0.3 is 14.3 Å². The smallest absolute Gasteiger partial charge is 0.136 e. The molecular weight excluding hydrogens is 296 g/mol. The molecule has 0 saturated carbocycles.